The maximum Gasteiger partial charge on any atom is 0.248 e. The molecule has 1 aliphatic heterocycles. The summed E-state index contributed by atoms with van der Waals surface area (Å²) >= 11 is 0. The zero-order valence-electron chi connectivity index (χ0n) is 11.3. The summed E-state index contributed by atoms with van der Waals surface area (Å²) in [5.74, 6) is 0.0205. The number of methoxy groups -OCH3 is 1. The van der Waals surface area contributed by atoms with E-state index in [1.54, 1.807) is 4.90 Å². The van der Waals surface area contributed by atoms with Crippen LogP contribution in [0, 0.1) is 0 Å². The number of carbonyl (C=O) groups is 1. The molecule has 104 valence electrons. The minimum atomic E-state index is 0.0205. The van der Waals surface area contributed by atoms with Crippen molar-refractivity contribution in [1.82, 2.24) is 19.9 Å². The highest BCUT2D eigenvalue weighted by molar-refractivity contribution is 5.78. The van der Waals surface area contributed by atoms with Crippen LogP contribution >= 0.6 is 0 Å². The molecule has 1 fully saturated rings. The minimum absolute atomic E-state index is 0.0205. The summed E-state index contributed by atoms with van der Waals surface area (Å²) in [6, 6.07) is 10.1. The highest BCUT2D eigenvalue weighted by Crippen LogP contribution is 2.23. The van der Waals surface area contributed by atoms with Crippen LogP contribution in [0.4, 0.5) is 0 Å². The Balaban J connectivity index is 1.64. The van der Waals surface area contributed by atoms with Gasteiger partial charge < -0.3 is 9.64 Å². The normalized spacial score (nSPS) is 15.2. The SMILES string of the molecule is COCC(=O)N1CC(n2cc(-c3ccccc3)nn2)C1. The fourth-order valence-corrected chi connectivity index (χ4v) is 2.24. The van der Waals surface area contributed by atoms with Crippen molar-refractivity contribution in [2.45, 2.75) is 6.04 Å². The Morgan fingerprint density at radius 3 is 2.80 bits per heavy atom. The monoisotopic (exact) mass is 272 g/mol. The standard InChI is InChI=1S/C14H16N4O2/c1-20-10-14(19)17-7-12(8-17)18-9-13(15-16-18)11-5-3-2-4-6-11/h2-6,9,12H,7-8,10H2,1H3. The van der Waals surface area contributed by atoms with Gasteiger partial charge in [0.25, 0.3) is 0 Å². The van der Waals surface area contributed by atoms with Crippen LogP contribution in [0.25, 0.3) is 11.3 Å². The average molecular weight is 272 g/mol. The van der Waals surface area contributed by atoms with Crippen LogP contribution in [0.2, 0.25) is 0 Å². The molecule has 1 aliphatic rings. The molecule has 0 bridgehead atoms. The quantitative estimate of drug-likeness (QED) is 0.832. The van der Waals surface area contributed by atoms with Crippen molar-refractivity contribution in [3.8, 4) is 11.3 Å². The number of likely N-dealkylation sites (tertiary alicyclic amines) is 1. The van der Waals surface area contributed by atoms with Gasteiger partial charge in [-0.2, -0.15) is 0 Å². The zero-order valence-corrected chi connectivity index (χ0v) is 11.3. The van der Waals surface area contributed by atoms with E-state index in [-0.39, 0.29) is 18.6 Å². The van der Waals surface area contributed by atoms with Crippen LogP contribution < -0.4 is 0 Å². The van der Waals surface area contributed by atoms with Gasteiger partial charge in [0, 0.05) is 25.8 Å². The fraction of sp³-hybridized carbons (Fsp3) is 0.357. The third kappa shape index (κ3) is 2.42. The summed E-state index contributed by atoms with van der Waals surface area (Å²) in [6.07, 6.45) is 1.93. The first-order valence-electron chi connectivity index (χ1n) is 6.52. The zero-order chi connectivity index (χ0) is 13.9. The Morgan fingerprint density at radius 1 is 1.35 bits per heavy atom. The van der Waals surface area contributed by atoms with Crippen molar-refractivity contribution in [3.05, 3.63) is 36.5 Å². The molecule has 1 aromatic carbocycles. The molecule has 6 heteroatoms. The van der Waals surface area contributed by atoms with Gasteiger partial charge in [0.1, 0.15) is 12.3 Å². The number of benzene rings is 1. The third-order valence-corrected chi connectivity index (χ3v) is 3.44. The summed E-state index contributed by atoms with van der Waals surface area (Å²) in [5.41, 5.74) is 1.90. The maximum atomic E-state index is 11.6. The topological polar surface area (TPSA) is 60.2 Å². The molecule has 0 spiro atoms. The van der Waals surface area contributed by atoms with Gasteiger partial charge in [-0.15, -0.1) is 5.10 Å². The summed E-state index contributed by atoms with van der Waals surface area (Å²) in [5, 5.41) is 8.33. The highest BCUT2D eigenvalue weighted by Gasteiger charge is 2.32. The van der Waals surface area contributed by atoms with E-state index in [1.165, 1.54) is 7.11 Å². The van der Waals surface area contributed by atoms with E-state index in [0.717, 1.165) is 11.3 Å². The molecule has 0 saturated carbocycles. The van der Waals surface area contributed by atoms with Crippen molar-refractivity contribution in [1.29, 1.82) is 0 Å². The maximum absolute atomic E-state index is 11.6. The van der Waals surface area contributed by atoms with Crippen LogP contribution in [-0.4, -0.2) is 52.6 Å². The molecule has 20 heavy (non-hydrogen) atoms. The summed E-state index contributed by atoms with van der Waals surface area (Å²) < 4.78 is 6.67. The number of aromatic nitrogens is 3. The summed E-state index contributed by atoms with van der Waals surface area (Å²) in [6.45, 7) is 1.47. The lowest BCUT2D eigenvalue weighted by molar-refractivity contribution is -0.141. The molecule has 3 rings (SSSR count). The molecular weight excluding hydrogens is 256 g/mol. The predicted molar refractivity (Wildman–Crippen MR) is 73.0 cm³/mol. The first-order valence-corrected chi connectivity index (χ1v) is 6.52. The van der Waals surface area contributed by atoms with E-state index >= 15 is 0 Å². The van der Waals surface area contributed by atoms with Crippen molar-refractivity contribution < 1.29 is 9.53 Å². The molecule has 6 nitrogen and oxygen atoms in total. The van der Waals surface area contributed by atoms with Gasteiger partial charge >= 0.3 is 0 Å². The number of amides is 1. The van der Waals surface area contributed by atoms with Crippen molar-refractivity contribution in [2.24, 2.45) is 0 Å². The lowest BCUT2D eigenvalue weighted by Gasteiger charge is -2.38. The van der Waals surface area contributed by atoms with E-state index < -0.39 is 0 Å². The highest BCUT2D eigenvalue weighted by atomic mass is 16.5. The van der Waals surface area contributed by atoms with Gasteiger partial charge in [0.2, 0.25) is 5.91 Å². The van der Waals surface area contributed by atoms with E-state index in [9.17, 15) is 4.79 Å². The van der Waals surface area contributed by atoms with Crippen LogP contribution in [0.1, 0.15) is 6.04 Å². The molecule has 0 unspecified atom stereocenters. The Labute approximate surface area is 117 Å². The van der Waals surface area contributed by atoms with Gasteiger partial charge in [-0.25, -0.2) is 4.68 Å². The average Bonchev–Trinajstić information content (AvgIpc) is 2.88. The lowest BCUT2D eigenvalue weighted by Crippen LogP contribution is -2.52. The second-order valence-electron chi connectivity index (χ2n) is 4.84. The molecule has 2 aromatic rings. The Morgan fingerprint density at radius 2 is 2.10 bits per heavy atom. The van der Waals surface area contributed by atoms with Gasteiger partial charge in [-0.3, -0.25) is 4.79 Å². The Kier molecular flexibility index (Phi) is 3.47. The predicted octanol–water partition coefficient (Wildman–Crippen LogP) is 0.975. The number of nitrogens with zero attached hydrogens (tertiary/aromatic N) is 4. The van der Waals surface area contributed by atoms with Gasteiger partial charge in [-0.1, -0.05) is 35.5 Å². The van der Waals surface area contributed by atoms with Crippen molar-refractivity contribution >= 4 is 5.91 Å². The van der Waals surface area contributed by atoms with Gasteiger partial charge in [0.15, 0.2) is 0 Å². The molecule has 2 heterocycles. The smallest absolute Gasteiger partial charge is 0.248 e. The molecule has 1 aromatic heterocycles. The van der Waals surface area contributed by atoms with E-state index in [0.29, 0.717) is 13.1 Å². The molecular formula is C14H16N4O2. The van der Waals surface area contributed by atoms with Crippen LogP contribution in [-0.2, 0) is 9.53 Å². The van der Waals surface area contributed by atoms with Crippen molar-refractivity contribution in [3.63, 3.8) is 0 Å². The number of carbonyl (C=O) groups excluding carboxylic acids is 1. The first kappa shape index (κ1) is 12.8. The number of rotatable bonds is 4. The van der Waals surface area contributed by atoms with Crippen LogP contribution in [0.3, 0.4) is 0 Å². The Bertz CT molecular complexity index is 590. The number of hydrogen-bond donors (Lipinski definition) is 0. The summed E-state index contributed by atoms with van der Waals surface area (Å²) in [7, 11) is 1.53. The molecule has 1 saturated heterocycles. The number of ether oxygens (including phenoxy) is 1. The first-order chi connectivity index (χ1) is 9.78. The second kappa shape index (κ2) is 5.42. The van der Waals surface area contributed by atoms with E-state index in [1.807, 2.05) is 41.2 Å². The molecule has 0 aliphatic carbocycles. The molecule has 1 amide bonds. The van der Waals surface area contributed by atoms with Crippen LogP contribution in [0.5, 0.6) is 0 Å². The fourth-order valence-electron chi connectivity index (χ4n) is 2.24. The lowest BCUT2D eigenvalue weighted by atomic mass is 10.1. The number of hydrogen-bond acceptors (Lipinski definition) is 4. The molecule has 0 atom stereocenters. The van der Waals surface area contributed by atoms with Gasteiger partial charge in [-0.05, 0) is 0 Å². The van der Waals surface area contributed by atoms with Gasteiger partial charge in [0.05, 0.1) is 12.2 Å². The summed E-state index contributed by atoms with van der Waals surface area (Å²) in [4.78, 5) is 13.3. The van der Waals surface area contributed by atoms with E-state index in [4.69, 9.17) is 4.74 Å². The third-order valence-electron chi connectivity index (χ3n) is 3.44. The second-order valence-corrected chi connectivity index (χ2v) is 4.84. The van der Waals surface area contributed by atoms with Crippen molar-refractivity contribution in [2.75, 3.05) is 26.8 Å². The largest absolute Gasteiger partial charge is 0.375 e. The molecule has 0 N–H and O–H groups in total. The Hall–Kier alpha value is -2.21. The van der Waals surface area contributed by atoms with Crippen LogP contribution in [0.15, 0.2) is 36.5 Å². The van der Waals surface area contributed by atoms with E-state index in [2.05, 4.69) is 10.3 Å². The molecule has 0 radical (unpaired) electrons. The minimum Gasteiger partial charge on any atom is -0.375 e.